The third-order valence-electron chi connectivity index (χ3n) is 2.28. The molecule has 0 saturated heterocycles. The lowest BCUT2D eigenvalue weighted by atomic mass is 10.1. The Morgan fingerprint density at radius 1 is 1.06 bits per heavy atom. The number of ether oxygens (including phenoxy) is 1. The maximum absolute atomic E-state index is 5.54. The van der Waals surface area contributed by atoms with Crippen LogP contribution in [0.25, 0.3) is 0 Å². The van der Waals surface area contributed by atoms with E-state index in [1.165, 1.54) is 11.1 Å². The van der Waals surface area contributed by atoms with Gasteiger partial charge in [0.25, 0.3) is 0 Å². The topological polar surface area (TPSA) is 35.0 Å². The van der Waals surface area contributed by atoms with Gasteiger partial charge in [0.1, 0.15) is 5.75 Å². The van der Waals surface area contributed by atoms with Crippen molar-refractivity contribution >= 4 is 22.6 Å². The summed E-state index contributed by atoms with van der Waals surface area (Å²) in [5.74, 6) is 0.768. The van der Waals surface area contributed by atoms with Crippen LogP contribution in [0.3, 0.4) is 0 Å². The summed E-state index contributed by atoms with van der Waals surface area (Å²) in [7, 11) is 0. The maximum Gasteiger partial charge on any atom is 0.321 e. The molecule has 0 unspecified atom stereocenters. The molecule has 0 spiro atoms. The van der Waals surface area contributed by atoms with Crippen molar-refractivity contribution < 1.29 is 4.74 Å². The summed E-state index contributed by atoms with van der Waals surface area (Å²) in [5, 5.41) is 0. The average molecular weight is 326 g/mol. The summed E-state index contributed by atoms with van der Waals surface area (Å²) in [4.78, 5) is 8.17. The number of aryl methyl sites for hydroxylation is 2. The fraction of sp³-hybridized carbons (Fsp3) is 0.167. The van der Waals surface area contributed by atoms with E-state index in [1.54, 1.807) is 12.4 Å². The van der Waals surface area contributed by atoms with Gasteiger partial charge in [-0.2, -0.15) is 0 Å². The average Bonchev–Trinajstić information content (AvgIpc) is 2.27. The predicted octanol–water partition coefficient (Wildman–Crippen LogP) is 3.49. The minimum absolute atomic E-state index is 0.378. The molecule has 1 aromatic carbocycles. The molecule has 2 aromatic rings. The fourth-order valence-corrected chi connectivity index (χ4v) is 1.51. The van der Waals surface area contributed by atoms with Gasteiger partial charge in [-0.05, 0) is 59.7 Å². The number of nitrogens with zero attached hydrogens (tertiary/aromatic N) is 2. The maximum atomic E-state index is 5.54. The van der Waals surface area contributed by atoms with Crippen molar-refractivity contribution in [3.63, 3.8) is 0 Å². The van der Waals surface area contributed by atoms with Gasteiger partial charge in [-0.1, -0.05) is 6.07 Å². The van der Waals surface area contributed by atoms with Crippen LogP contribution in [-0.4, -0.2) is 9.97 Å². The highest BCUT2D eigenvalue weighted by molar-refractivity contribution is 14.1. The van der Waals surface area contributed by atoms with Crippen LogP contribution in [0.1, 0.15) is 11.1 Å². The van der Waals surface area contributed by atoms with E-state index in [0.29, 0.717) is 6.01 Å². The molecule has 0 amide bonds. The Morgan fingerprint density at radius 2 is 1.75 bits per heavy atom. The Kier molecular flexibility index (Phi) is 3.38. The third kappa shape index (κ3) is 2.69. The number of aromatic nitrogens is 2. The van der Waals surface area contributed by atoms with Gasteiger partial charge in [-0.3, -0.25) is 0 Å². The van der Waals surface area contributed by atoms with Crippen LogP contribution < -0.4 is 4.74 Å². The highest BCUT2D eigenvalue weighted by atomic mass is 127. The zero-order valence-corrected chi connectivity index (χ0v) is 11.2. The molecular weight excluding hydrogens is 315 g/mol. The van der Waals surface area contributed by atoms with Crippen LogP contribution in [0.15, 0.2) is 30.6 Å². The van der Waals surface area contributed by atoms with Crippen molar-refractivity contribution in [1.29, 1.82) is 0 Å². The summed E-state index contributed by atoms with van der Waals surface area (Å²) in [5.41, 5.74) is 2.44. The second kappa shape index (κ2) is 4.78. The molecule has 0 aliphatic rings. The van der Waals surface area contributed by atoms with Gasteiger partial charge < -0.3 is 4.74 Å². The van der Waals surface area contributed by atoms with Crippen molar-refractivity contribution in [2.75, 3.05) is 0 Å². The molecule has 0 fully saturated rings. The first kappa shape index (κ1) is 11.3. The lowest BCUT2D eigenvalue weighted by molar-refractivity contribution is 0.441. The summed E-state index contributed by atoms with van der Waals surface area (Å²) < 4.78 is 6.53. The summed E-state index contributed by atoms with van der Waals surface area (Å²) in [6.07, 6.45) is 3.45. The number of halogens is 1. The summed E-state index contributed by atoms with van der Waals surface area (Å²) in [6.45, 7) is 4.12. The molecule has 1 aromatic heterocycles. The Labute approximate surface area is 108 Å². The molecule has 0 radical (unpaired) electrons. The van der Waals surface area contributed by atoms with Crippen molar-refractivity contribution in [1.82, 2.24) is 9.97 Å². The Balaban J connectivity index is 2.20. The minimum Gasteiger partial charge on any atom is -0.424 e. The summed E-state index contributed by atoms with van der Waals surface area (Å²) >= 11 is 2.16. The van der Waals surface area contributed by atoms with E-state index in [1.807, 2.05) is 18.2 Å². The molecular formula is C12H11IN2O. The van der Waals surface area contributed by atoms with Crippen molar-refractivity contribution in [2.24, 2.45) is 0 Å². The highest BCUT2D eigenvalue weighted by Crippen LogP contribution is 2.20. The van der Waals surface area contributed by atoms with Crippen LogP contribution >= 0.6 is 22.6 Å². The highest BCUT2D eigenvalue weighted by Gasteiger charge is 2.01. The Morgan fingerprint density at radius 3 is 2.38 bits per heavy atom. The van der Waals surface area contributed by atoms with E-state index in [4.69, 9.17) is 4.74 Å². The van der Waals surface area contributed by atoms with Gasteiger partial charge in [0.2, 0.25) is 0 Å². The molecule has 1 heterocycles. The molecule has 16 heavy (non-hydrogen) atoms. The first-order valence-corrected chi connectivity index (χ1v) is 5.95. The van der Waals surface area contributed by atoms with Crippen LogP contribution in [0.5, 0.6) is 11.8 Å². The van der Waals surface area contributed by atoms with Crippen molar-refractivity contribution in [2.45, 2.75) is 13.8 Å². The minimum atomic E-state index is 0.378. The van der Waals surface area contributed by atoms with Crippen molar-refractivity contribution in [3.8, 4) is 11.8 Å². The van der Waals surface area contributed by atoms with Crippen LogP contribution in [0.4, 0.5) is 0 Å². The van der Waals surface area contributed by atoms with Gasteiger partial charge in [-0.15, -0.1) is 0 Å². The fourth-order valence-electron chi connectivity index (χ4n) is 1.24. The van der Waals surface area contributed by atoms with E-state index in [0.717, 1.165) is 9.32 Å². The molecule has 2 rings (SSSR count). The van der Waals surface area contributed by atoms with E-state index >= 15 is 0 Å². The number of rotatable bonds is 2. The van der Waals surface area contributed by atoms with Gasteiger partial charge in [0.15, 0.2) is 0 Å². The largest absolute Gasteiger partial charge is 0.424 e. The zero-order chi connectivity index (χ0) is 11.5. The van der Waals surface area contributed by atoms with Crippen LogP contribution in [0, 0.1) is 17.4 Å². The van der Waals surface area contributed by atoms with Crippen molar-refractivity contribution in [3.05, 3.63) is 45.3 Å². The predicted molar refractivity (Wildman–Crippen MR) is 70.7 cm³/mol. The normalized spacial score (nSPS) is 10.2. The lowest BCUT2D eigenvalue weighted by Crippen LogP contribution is -1.92. The standard InChI is InChI=1S/C12H11IN2O/c1-8-3-4-11(5-9(8)2)16-12-14-6-10(13)7-15-12/h3-7H,1-2H3. The SMILES string of the molecule is Cc1ccc(Oc2ncc(I)cn2)cc1C. The van der Waals surface area contributed by atoms with Gasteiger partial charge >= 0.3 is 6.01 Å². The molecule has 82 valence electrons. The molecule has 0 aliphatic carbocycles. The molecule has 0 aliphatic heterocycles. The Hall–Kier alpha value is -1.17. The second-order valence-corrected chi connectivity index (χ2v) is 4.78. The number of hydrogen-bond donors (Lipinski definition) is 0. The zero-order valence-electron chi connectivity index (χ0n) is 9.07. The molecule has 0 N–H and O–H groups in total. The Bertz CT molecular complexity index is 497. The molecule has 0 atom stereocenters. The van der Waals surface area contributed by atoms with E-state index in [9.17, 15) is 0 Å². The van der Waals surface area contributed by atoms with Crippen LogP contribution in [0.2, 0.25) is 0 Å². The van der Waals surface area contributed by atoms with E-state index < -0.39 is 0 Å². The van der Waals surface area contributed by atoms with Gasteiger partial charge in [0.05, 0.1) is 0 Å². The molecule has 3 nitrogen and oxygen atoms in total. The summed E-state index contributed by atoms with van der Waals surface area (Å²) in [6, 6.07) is 6.31. The molecule has 0 bridgehead atoms. The molecule has 0 saturated carbocycles. The first-order valence-electron chi connectivity index (χ1n) is 4.88. The number of benzene rings is 1. The number of hydrogen-bond acceptors (Lipinski definition) is 3. The lowest BCUT2D eigenvalue weighted by Gasteiger charge is -2.05. The smallest absolute Gasteiger partial charge is 0.321 e. The monoisotopic (exact) mass is 326 g/mol. The van der Waals surface area contributed by atoms with Crippen LogP contribution in [-0.2, 0) is 0 Å². The van der Waals surface area contributed by atoms with E-state index in [-0.39, 0.29) is 0 Å². The molecule has 4 heteroatoms. The van der Waals surface area contributed by atoms with Gasteiger partial charge in [-0.25, -0.2) is 9.97 Å². The first-order chi connectivity index (χ1) is 7.65. The van der Waals surface area contributed by atoms with Gasteiger partial charge in [0, 0.05) is 16.0 Å². The third-order valence-corrected chi connectivity index (χ3v) is 2.84. The van der Waals surface area contributed by atoms with E-state index in [2.05, 4.69) is 46.4 Å². The quantitative estimate of drug-likeness (QED) is 0.793. The second-order valence-electron chi connectivity index (χ2n) is 3.53.